The van der Waals surface area contributed by atoms with Crippen LogP contribution in [-0.2, 0) is 18.4 Å². The summed E-state index contributed by atoms with van der Waals surface area (Å²) in [6.07, 6.45) is 4.97. The van der Waals surface area contributed by atoms with Crippen LogP contribution in [0.25, 0.3) is 0 Å². The first-order chi connectivity index (χ1) is 9.17. The number of H-pyrrole nitrogens is 1. The number of hydrogen-bond donors (Lipinski definition) is 2. The fourth-order valence-corrected chi connectivity index (χ4v) is 3.27. The van der Waals surface area contributed by atoms with Crippen molar-refractivity contribution >= 4 is 15.9 Å². The van der Waals surface area contributed by atoms with E-state index in [4.69, 9.17) is 0 Å². The zero-order chi connectivity index (χ0) is 13.3. The molecule has 1 atom stereocenters. The predicted molar refractivity (Wildman–Crippen MR) is 80.1 cm³/mol. The van der Waals surface area contributed by atoms with Crippen LogP contribution in [0.5, 0.6) is 0 Å². The van der Waals surface area contributed by atoms with E-state index < -0.39 is 0 Å². The Hall–Kier alpha value is -1.13. The van der Waals surface area contributed by atoms with E-state index in [9.17, 15) is 0 Å². The number of fused-ring (bicyclic) bond motifs is 1. The number of imidazole rings is 1. The Kier molecular flexibility index (Phi) is 3.46. The van der Waals surface area contributed by atoms with Gasteiger partial charge in [-0.3, -0.25) is 0 Å². The van der Waals surface area contributed by atoms with Crippen molar-refractivity contribution in [3.05, 3.63) is 52.0 Å². The third-order valence-electron chi connectivity index (χ3n) is 3.93. The van der Waals surface area contributed by atoms with Gasteiger partial charge >= 0.3 is 0 Å². The normalized spacial score (nSPS) is 22.2. The fraction of sp³-hybridized carbons (Fsp3) is 0.400. The van der Waals surface area contributed by atoms with Gasteiger partial charge in [0.15, 0.2) is 0 Å². The Morgan fingerprint density at radius 1 is 1.42 bits per heavy atom. The SMILES string of the molecule is CC1(CCc2cccc(Br)c2)NCCc2[nH]cnc21. The van der Waals surface area contributed by atoms with Crippen LogP contribution in [0, 0.1) is 0 Å². The van der Waals surface area contributed by atoms with Gasteiger partial charge in [-0.25, -0.2) is 4.98 Å². The number of nitrogens with zero attached hydrogens (tertiary/aromatic N) is 1. The van der Waals surface area contributed by atoms with Crippen molar-refractivity contribution in [3.63, 3.8) is 0 Å². The minimum absolute atomic E-state index is 0.0180. The summed E-state index contributed by atoms with van der Waals surface area (Å²) in [7, 11) is 0. The Balaban J connectivity index is 1.77. The Labute approximate surface area is 122 Å². The van der Waals surface area contributed by atoms with Crippen LogP contribution in [0.2, 0.25) is 0 Å². The van der Waals surface area contributed by atoms with E-state index in [0.29, 0.717) is 0 Å². The molecule has 3 rings (SSSR count). The molecule has 100 valence electrons. The molecule has 0 fully saturated rings. The molecule has 1 aromatic carbocycles. The predicted octanol–water partition coefficient (Wildman–Crippen LogP) is 3.17. The van der Waals surface area contributed by atoms with Crippen LogP contribution in [0.4, 0.5) is 0 Å². The highest BCUT2D eigenvalue weighted by Gasteiger charge is 2.33. The van der Waals surface area contributed by atoms with Gasteiger partial charge in [-0.2, -0.15) is 0 Å². The lowest BCUT2D eigenvalue weighted by atomic mass is 9.86. The smallest absolute Gasteiger partial charge is 0.0926 e. The molecule has 2 N–H and O–H groups in total. The van der Waals surface area contributed by atoms with E-state index in [-0.39, 0.29) is 5.54 Å². The second kappa shape index (κ2) is 5.10. The van der Waals surface area contributed by atoms with Gasteiger partial charge in [0.05, 0.1) is 17.6 Å². The molecular formula is C15H18BrN3. The van der Waals surface area contributed by atoms with Crippen molar-refractivity contribution in [1.29, 1.82) is 0 Å². The van der Waals surface area contributed by atoms with Gasteiger partial charge in [-0.1, -0.05) is 28.1 Å². The van der Waals surface area contributed by atoms with Gasteiger partial charge in [0, 0.05) is 23.1 Å². The molecule has 2 aromatic rings. The van der Waals surface area contributed by atoms with Gasteiger partial charge in [0.25, 0.3) is 0 Å². The Bertz CT molecular complexity index is 578. The zero-order valence-corrected chi connectivity index (χ0v) is 12.6. The minimum Gasteiger partial charge on any atom is -0.348 e. The molecule has 0 bridgehead atoms. The summed E-state index contributed by atoms with van der Waals surface area (Å²) in [5.74, 6) is 0. The summed E-state index contributed by atoms with van der Waals surface area (Å²) >= 11 is 3.53. The molecule has 2 heterocycles. The lowest BCUT2D eigenvalue weighted by Gasteiger charge is -2.34. The monoisotopic (exact) mass is 319 g/mol. The second-order valence-electron chi connectivity index (χ2n) is 5.37. The molecule has 0 spiro atoms. The lowest BCUT2D eigenvalue weighted by Crippen LogP contribution is -2.45. The number of benzene rings is 1. The quantitative estimate of drug-likeness (QED) is 0.912. The van der Waals surface area contributed by atoms with Gasteiger partial charge in [-0.05, 0) is 37.5 Å². The Morgan fingerprint density at radius 2 is 2.32 bits per heavy atom. The fourth-order valence-electron chi connectivity index (χ4n) is 2.83. The molecule has 19 heavy (non-hydrogen) atoms. The van der Waals surface area contributed by atoms with Crippen LogP contribution in [0.1, 0.15) is 30.3 Å². The van der Waals surface area contributed by atoms with Crippen LogP contribution in [0.3, 0.4) is 0 Å². The van der Waals surface area contributed by atoms with Crippen LogP contribution in [0.15, 0.2) is 35.1 Å². The first kappa shape index (κ1) is 12.9. The van der Waals surface area contributed by atoms with Crippen molar-refractivity contribution in [2.24, 2.45) is 0 Å². The summed E-state index contributed by atoms with van der Waals surface area (Å²) in [4.78, 5) is 7.77. The molecule has 1 unspecified atom stereocenters. The third-order valence-corrected chi connectivity index (χ3v) is 4.43. The first-order valence-corrected chi connectivity index (χ1v) is 7.49. The molecule has 0 radical (unpaired) electrons. The van der Waals surface area contributed by atoms with Crippen molar-refractivity contribution in [1.82, 2.24) is 15.3 Å². The van der Waals surface area contributed by atoms with Gasteiger partial charge in [-0.15, -0.1) is 0 Å². The van der Waals surface area contributed by atoms with E-state index in [1.54, 1.807) is 0 Å². The van der Waals surface area contributed by atoms with Crippen LogP contribution < -0.4 is 5.32 Å². The molecule has 0 saturated heterocycles. The summed E-state index contributed by atoms with van der Waals surface area (Å²) in [5.41, 5.74) is 3.82. The zero-order valence-electron chi connectivity index (χ0n) is 11.0. The van der Waals surface area contributed by atoms with E-state index in [1.165, 1.54) is 17.0 Å². The molecule has 1 aliphatic rings. The van der Waals surface area contributed by atoms with E-state index >= 15 is 0 Å². The van der Waals surface area contributed by atoms with Crippen molar-refractivity contribution < 1.29 is 0 Å². The summed E-state index contributed by atoms with van der Waals surface area (Å²) in [6, 6.07) is 8.53. The standard InChI is InChI=1S/C15H18BrN3/c1-15(7-5-11-3-2-4-12(16)9-11)14-13(6-8-19-15)17-10-18-14/h2-4,9-10,19H,5-8H2,1H3,(H,17,18). The van der Waals surface area contributed by atoms with Gasteiger partial charge < -0.3 is 10.3 Å². The number of aromatic amines is 1. The molecule has 0 saturated carbocycles. The number of hydrogen-bond acceptors (Lipinski definition) is 2. The molecule has 0 aliphatic carbocycles. The van der Waals surface area contributed by atoms with Crippen LogP contribution in [-0.4, -0.2) is 16.5 Å². The molecule has 4 heteroatoms. The molecule has 3 nitrogen and oxygen atoms in total. The average Bonchev–Trinajstić information content (AvgIpc) is 2.87. The number of aromatic nitrogens is 2. The van der Waals surface area contributed by atoms with E-state index in [2.05, 4.69) is 62.4 Å². The second-order valence-corrected chi connectivity index (χ2v) is 6.28. The highest BCUT2D eigenvalue weighted by molar-refractivity contribution is 9.10. The van der Waals surface area contributed by atoms with Crippen molar-refractivity contribution in [3.8, 4) is 0 Å². The number of aryl methyl sites for hydroxylation is 1. The van der Waals surface area contributed by atoms with Gasteiger partial charge in [0.1, 0.15) is 0 Å². The summed E-state index contributed by atoms with van der Waals surface area (Å²) in [6.45, 7) is 3.27. The highest BCUT2D eigenvalue weighted by Crippen LogP contribution is 2.30. The van der Waals surface area contributed by atoms with E-state index in [0.717, 1.165) is 30.3 Å². The molecular weight excluding hydrogens is 302 g/mol. The molecule has 0 amide bonds. The summed E-state index contributed by atoms with van der Waals surface area (Å²) < 4.78 is 1.15. The first-order valence-electron chi connectivity index (χ1n) is 6.70. The van der Waals surface area contributed by atoms with Crippen LogP contribution >= 0.6 is 15.9 Å². The topological polar surface area (TPSA) is 40.7 Å². The maximum Gasteiger partial charge on any atom is 0.0926 e. The number of nitrogens with one attached hydrogen (secondary N) is 2. The van der Waals surface area contributed by atoms with Crippen molar-refractivity contribution in [2.75, 3.05) is 6.54 Å². The number of rotatable bonds is 3. The minimum atomic E-state index is -0.0180. The molecule has 1 aliphatic heterocycles. The average molecular weight is 320 g/mol. The largest absolute Gasteiger partial charge is 0.348 e. The maximum atomic E-state index is 4.51. The Morgan fingerprint density at radius 3 is 3.16 bits per heavy atom. The summed E-state index contributed by atoms with van der Waals surface area (Å²) in [5, 5.41) is 3.63. The van der Waals surface area contributed by atoms with E-state index in [1.807, 2.05) is 6.33 Å². The van der Waals surface area contributed by atoms with Crippen molar-refractivity contribution in [2.45, 2.75) is 31.7 Å². The highest BCUT2D eigenvalue weighted by atomic mass is 79.9. The maximum absolute atomic E-state index is 4.51. The molecule has 1 aromatic heterocycles. The third kappa shape index (κ3) is 2.60. The number of halogens is 1. The lowest BCUT2D eigenvalue weighted by molar-refractivity contribution is 0.314. The van der Waals surface area contributed by atoms with Gasteiger partial charge in [0.2, 0.25) is 0 Å².